The van der Waals surface area contributed by atoms with Gasteiger partial charge in [0.1, 0.15) is 22.1 Å². The lowest BCUT2D eigenvalue weighted by Crippen LogP contribution is -2.12. The van der Waals surface area contributed by atoms with E-state index in [9.17, 15) is 14.0 Å². The summed E-state index contributed by atoms with van der Waals surface area (Å²) in [4.78, 5) is 25.0. The van der Waals surface area contributed by atoms with Crippen molar-refractivity contribution in [3.05, 3.63) is 76.9 Å². The molecule has 0 unspecified atom stereocenters. The van der Waals surface area contributed by atoms with E-state index in [1.807, 2.05) is 12.1 Å². The maximum Gasteiger partial charge on any atom is 0.341 e. The zero-order valence-corrected chi connectivity index (χ0v) is 17.3. The Morgan fingerprint density at radius 2 is 1.93 bits per heavy atom. The number of esters is 1. The van der Waals surface area contributed by atoms with E-state index in [4.69, 9.17) is 9.47 Å². The number of ether oxygens (including phenoxy) is 2. The summed E-state index contributed by atoms with van der Waals surface area (Å²) in [6, 6.07) is 13.1. The van der Waals surface area contributed by atoms with Gasteiger partial charge in [0.25, 0.3) is 0 Å². The van der Waals surface area contributed by atoms with Gasteiger partial charge in [-0.1, -0.05) is 24.3 Å². The highest BCUT2D eigenvalue weighted by atomic mass is 32.1. The number of halogens is 1. The van der Waals surface area contributed by atoms with Crippen molar-refractivity contribution in [2.24, 2.45) is 0 Å². The van der Waals surface area contributed by atoms with Gasteiger partial charge in [0.05, 0.1) is 13.7 Å². The lowest BCUT2D eigenvalue weighted by Gasteiger charge is -2.08. The van der Waals surface area contributed by atoms with Crippen LogP contribution in [0.5, 0.6) is 5.75 Å². The van der Waals surface area contributed by atoms with Crippen LogP contribution < -0.4 is 10.1 Å². The molecular formula is C23H20FNO4S. The van der Waals surface area contributed by atoms with Crippen LogP contribution in [0, 0.1) is 5.82 Å². The largest absolute Gasteiger partial charge is 0.497 e. The molecule has 2 aromatic carbocycles. The third-order valence-corrected chi connectivity index (χ3v) is 5.08. The minimum atomic E-state index is -0.519. The van der Waals surface area contributed by atoms with Crippen LogP contribution in [0.4, 0.5) is 9.39 Å². The maximum absolute atomic E-state index is 13.3. The number of benzene rings is 2. The Balaban J connectivity index is 1.87. The molecule has 1 amide bonds. The second-order valence-electron chi connectivity index (χ2n) is 6.18. The third kappa shape index (κ3) is 5.12. The zero-order chi connectivity index (χ0) is 21.5. The summed E-state index contributed by atoms with van der Waals surface area (Å²) >= 11 is 1.23. The molecule has 3 aromatic rings. The molecule has 0 aliphatic carbocycles. The first-order chi connectivity index (χ1) is 14.5. The van der Waals surface area contributed by atoms with Crippen LogP contribution in [0.15, 0.2) is 60.0 Å². The van der Waals surface area contributed by atoms with E-state index in [0.717, 1.165) is 5.56 Å². The van der Waals surface area contributed by atoms with E-state index in [1.165, 1.54) is 35.6 Å². The number of anilines is 1. The maximum atomic E-state index is 13.3. The van der Waals surface area contributed by atoms with Crippen molar-refractivity contribution in [3.63, 3.8) is 0 Å². The van der Waals surface area contributed by atoms with Crippen molar-refractivity contribution in [1.82, 2.24) is 0 Å². The summed E-state index contributed by atoms with van der Waals surface area (Å²) in [5, 5.41) is 4.90. The quantitative estimate of drug-likeness (QED) is 0.407. The number of hydrogen-bond donors (Lipinski definition) is 1. The van der Waals surface area contributed by atoms with E-state index < -0.39 is 11.9 Å². The fourth-order valence-corrected chi connectivity index (χ4v) is 3.73. The van der Waals surface area contributed by atoms with Crippen molar-refractivity contribution in [3.8, 4) is 16.9 Å². The van der Waals surface area contributed by atoms with E-state index in [2.05, 4.69) is 5.32 Å². The number of carbonyl (C=O) groups excluding carboxylic acids is 2. The average Bonchev–Trinajstić information content (AvgIpc) is 3.16. The molecule has 1 heterocycles. The summed E-state index contributed by atoms with van der Waals surface area (Å²) in [6.07, 6.45) is 2.79. The first-order valence-corrected chi connectivity index (χ1v) is 10.1. The highest BCUT2D eigenvalue weighted by Gasteiger charge is 2.22. The average molecular weight is 425 g/mol. The zero-order valence-electron chi connectivity index (χ0n) is 16.5. The molecular weight excluding hydrogens is 405 g/mol. The highest BCUT2D eigenvalue weighted by molar-refractivity contribution is 7.15. The van der Waals surface area contributed by atoms with Crippen molar-refractivity contribution in [2.75, 3.05) is 19.0 Å². The first kappa shape index (κ1) is 21.3. The van der Waals surface area contributed by atoms with Gasteiger partial charge in [-0.3, -0.25) is 4.79 Å². The molecule has 0 aliphatic heterocycles. The van der Waals surface area contributed by atoms with Gasteiger partial charge >= 0.3 is 5.97 Å². The summed E-state index contributed by atoms with van der Waals surface area (Å²) in [7, 11) is 1.58. The van der Waals surface area contributed by atoms with E-state index in [-0.39, 0.29) is 12.4 Å². The molecule has 30 heavy (non-hydrogen) atoms. The Morgan fingerprint density at radius 3 is 2.60 bits per heavy atom. The molecule has 0 atom stereocenters. The van der Waals surface area contributed by atoms with Crippen molar-refractivity contribution < 1.29 is 23.5 Å². The van der Waals surface area contributed by atoms with Crippen LogP contribution in [0.25, 0.3) is 17.2 Å². The Kier molecular flexibility index (Phi) is 6.98. The van der Waals surface area contributed by atoms with Crippen LogP contribution in [0.2, 0.25) is 0 Å². The number of hydrogen-bond acceptors (Lipinski definition) is 5. The SMILES string of the molecule is CCOC(=O)c1c(-c2ccc(OC)cc2)csc1NC(=O)/C=C/c1cccc(F)c1. The number of thiophene rings is 1. The number of rotatable bonds is 7. The lowest BCUT2D eigenvalue weighted by molar-refractivity contribution is -0.111. The first-order valence-electron chi connectivity index (χ1n) is 9.19. The minimum absolute atomic E-state index is 0.212. The molecule has 154 valence electrons. The Labute approximate surface area is 177 Å². The van der Waals surface area contributed by atoms with Gasteiger partial charge in [-0.2, -0.15) is 0 Å². The van der Waals surface area contributed by atoms with E-state index >= 15 is 0 Å². The van der Waals surface area contributed by atoms with Crippen LogP contribution in [0.3, 0.4) is 0 Å². The molecule has 0 aliphatic rings. The van der Waals surface area contributed by atoms with Crippen molar-refractivity contribution in [1.29, 1.82) is 0 Å². The molecule has 0 bridgehead atoms. The molecule has 3 rings (SSSR count). The molecule has 0 fully saturated rings. The summed E-state index contributed by atoms with van der Waals surface area (Å²) < 4.78 is 23.6. The number of nitrogens with one attached hydrogen (secondary N) is 1. The predicted octanol–water partition coefficient (Wildman–Crippen LogP) is 5.39. The van der Waals surface area contributed by atoms with Crippen LogP contribution in [0.1, 0.15) is 22.8 Å². The topological polar surface area (TPSA) is 64.6 Å². The number of methoxy groups -OCH3 is 1. The number of carbonyl (C=O) groups is 2. The standard InChI is InChI=1S/C23H20FNO4S/c1-3-29-23(27)21-19(16-8-10-18(28-2)11-9-16)14-30-22(21)25-20(26)12-7-15-5-4-6-17(24)13-15/h4-14H,3H2,1-2H3,(H,25,26)/b12-7+. The van der Waals surface area contributed by atoms with Gasteiger partial charge in [-0.05, 0) is 48.4 Å². The van der Waals surface area contributed by atoms with Gasteiger partial charge < -0.3 is 14.8 Å². The Bertz CT molecular complexity index is 1070. The molecule has 0 saturated carbocycles. The second kappa shape index (κ2) is 9.84. The Morgan fingerprint density at radius 1 is 1.17 bits per heavy atom. The Hall–Kier alpha value is -3.45. The molecule has 7 heteroatoms. The fourth-order valence-electron chi connectivity index (χ4n) is 2.77. The molecule has 5 nitrogen and oxygen atoms in total. The van der Waals surface area contributed by atoms with E-state index in [0.29, 0.717) is 27.4 Å². The number of amides is 1. The third-order valence-electron chi connectivity index (χ3n) is 4.18. The molecule has 0 saturated heterocycles. The normalized spacial score (nSPS) is 10.8. The second-order valence-corrected chi connectivity index (χ2v) is 7.06. The molecule has 1 aromatic heterocycles. The van der Waals surface area contributed by atoms with Crippen LogP contribution >= 0.6 is 11.3 Å². The minimum Gasteiger partial charge on any atom is -0.497 e. The fraction of sp³-hybridized carbons (Fsp3) is 0.130. The van der Waals surface area contributed by atoms with Crippen molar-refractivity contribution in [2.45, 2.75) is 6.92 Å². The van der Waals surface area contributed by atoms with E-state index in [1.54, 1.807) is 43.7 Å². The highest BCUT2D eigenvalue weighted by Crippen LogP contribution is 2.36. The summed E-state index contributed by atoms with van der Waals surface area (Å²) in [5.74, 6) is -0.644. The lowest BCUT2D eigenvalue weighted by atomic mass is 10.0. The molecule has 0 spiro atoms. The molecule has 1 N–H and O–H groups in total. The van der Waals surface area contributed by atoms with Gasteiger partial charge in [-0.25, -0.2) is 9.18 Å². The van der Waals surface area contributed by atoms with Crippen LogP contribution in [-0.4, -0.2) is 25.6 Å². The van der Waals surface area contributed by atoms with Crippen LogP contribution in [-0.2, 0) is 9.53 Å². The smallest absolute Gasteiger partial charge is 0.341 e. The predicted molar refractivity (Wildman–Crippen MR) is 116 cm³/mol. The van der Waals surface area contributed by atoms with Gasteiger partial charge in [0.15, 0.2) is 0 Å². The van der Waals surface area contributed by atoms with Gasteiger partial charge in [0, 0.05) is 17.0 Å². The summed E-state index contributed by atoms with van der Waals surface area (Å²) in [6.45, 7) is 1.93. The van der Waals surface area contributed by atoms with Crippen molar-refractivity contribution >= 4 is 34.3 Å². The van der Waals surface area contributed by atoms with Gasteiger partial charge in [0.2, 0.25) is 5.91 Å². The summed E-state index contributed by atoms with van der Waals surface area (Å²) in [5.41, 5.74) is 2.30. The monoisotopic (exact) mass is 425 g/mol. The van der Waals surface area contributed by atoms with Gasteiger partial charge in [-0.15, -0.1) is 11.3 Å². The molecule has 0 radical (unpaired) electrons.